The summed E-state index contributed by atoms with van der Waals surface area (Å²) in [5.41, 5.74) is 0.0619. The van der Waals surface area contributed by atoms with E-state index in [0.29, 0.717) is 0 Å². The van der Waals surface area contributed by atoms with Crippen LogP contribution in [-0.4, -0.2) is 12.6 Å². The van der Waals surface area contributed by atoms with Crippen LogP contribution in [0.3, 0.4) is 0 Å². The molecule has 1 aromatic rings. The van der Waals surface area contributed by atoms with Crippen molar-refractivity contribution < 1.29 is 18.3 Å². The van der Waals surface area contributed by atoms with Crippen LogP contribution in [0.2, 0.25) is 0 Å². The van der Waals surface area contributed by atoms with E-state index in [4.69, 9.17) is 5.26 Å². The van der Waals surface area contributed by atoms with Crippen molar-refractivity contribution in [1.29, 1.82) is 5.26 Å². The van der Waals surface area contributed by atoms with Gasteiger partial charge >= 0.3 is 5.97 Å². The molecule has 0 amide bonds. The van der Waals surface area contributed by atoms with Crippen molar-refractivity contribution in [3.8, 4) is 6.07 Å². The first-order valence-electron chi connectivity index (χ1n) is 4.62. The van der Waals surface area contributed by atoms with Gasteiger partial charge in [0, 0.05) is 0 Å². The Labute approximate surface area is 91.3 Å². The summed E-state index contributed by atoms with van der Waals surface area (Å²) in [6.07, 6.45) is -0.242. The molecule has 0 unspecified atom stereocenters. The van der Waals surface area contributed by atoms with E-state index in [0.717, 1.165) is 12.1 Å². The van der Waals surface area contributed by atoms with Gasteiger partial charge in [0.2, 0.25) is 0 Å². The van der Waals surface area contributed by atoms with E-state index in [1.807, 2.05) is 0 Å². The summed E-state index contributed by atoms with van der Waals surface area (Å²) >= 11 is 0. The van der Waals surface area contributed by atoms with Gasteiger partial charge in [-0.25, -0.2) is 8.78 Å². The predicted octanol–water partition coefficient (Wildman–Crippen LogP) is 1.94. The van der Waals surface area contributed by atoms with Crippen LogP contribution in [-0.2, 0) is 16.0 Å². The third-order valence-electron chi connectivity index (χ3n) is 1.91. The van der Waals surface area contributed by atoms with Crippen molar-refractivity contribution in [3.63, 3.8) is 0 Å². The fraction of sp³-hybridized carbons (Fsp3) is 0.273. The predicted molar refractivity (Wildman–Crippen MR) is 51.4 cm³/mol. The molecule has 0 spiro atoms. The third kappa shape index (κ3) is 2.76. The lowest BCUT2D eigenvalue weighted by atomic mass is 10.1. The maximum Gasteiger partial charge on any atom is 0.310 e. The average Bonchev–Trinajstić information content (AvgIpc) is 2.23. The molecule has 0 radical (unpaired) electrons. The summed E-state index contributed by atoms with van der Waals surface area (Å²) in [6.45, 7) is 1.83. The molecule has 0 atom stereocenters. The average molecular weight is 225 g/mol. The van der Waals surface area contributed by atoms with Gasteiger partial charge in [0.05, 0.1) is 24.7 Å². The van der Waals surface area contributed by atoms with Crippen LogP contribution in [0.4, 0.5) is 8.78 Å². The van der Waals surface area contributed by atoms with E-state index in [9.17, 15) is 13.6 Å². The molecule has 1 aromatic carbocycles. The lowest BCUT2D eigenvalue weighted by Crippen LogP contribution is -2.09. The van der Waals surface area contributed by atoms with Gasteiger partial charge in [-0.2, -0.15) is 5.26 Å². The number of carbonyl (C=O) groups excluding carboxylic acids is 1. The number of esters is 1. The van der Waals surface area contributed by atoms with Crippen LogP contribution in [0.5, 0.6) is 0 Å². The molecule has 0 heterocycles. The zero-order chi connectivity index (χ0) is 12.1. The molecule has 0 saturated heterocycles. The molecule has 0 aliphatic rings. The Morgan fingerprint density at radius 2 is 2.06 bits per heavy atom. The minimum absolute atomic E-state index is 0.0630. The Bertz CT molecular complexity index is 452. The number of halogens is 2. The molecule has 0 N–H and O–H groups in total. The van der Waals surface area contributed by atoms with Gasteiger partial charge in [0.15, 0.2) is 11.6 Å². The van der Waals surface area contributed by atoms with Crippen LogP contribution in [0.1, 0.15) is 18.1 Å². The molecule has 84 valence electrons. The summed E-state index contributed by atoms with van der Waals surface area (Å²) in [5.74, 6) is -2.77. The molecule has 0 fully saturated rings. The second-order valence-electron chi connectivity index (χ2n) is 3.02. The molecular formula is C11H9F2NO2. The standard InChI is InChI=1S/C11H9F2NO2/c1-2-16-11(15)5-7-3-9(12)10(13)4-8(7)6-14/h3-4H,2,5H2,1H3. The van der Waals surface area contributed by atoms with E-state index in [-0.39, 0.29) is 24.2 Å². The van der Waals surface area contributed by atoms with E-state index in [1.165, 1.54) is 0 Å². The molecule has 1 rings (SSSR count). The summed E-state index contributed by atoms with van der Waals surface area (Å²) in [5, 5.41) is 8.69. The number of rotatable bonds is 3. The zero-order valence-electron chi connectivity index (χ0n) is 8.59. The van der Waals surface area contributed by atoms with Crippen molar-refractivity contribution >= 4 is 5.97 Å². The smallest absolute Gasteiger partial charge is 0.310 e. The Morgan fingerprint density at radius 1 is 1.44 bits per heavy atom. The molecule has 0 aliphatic carbocycles. The van der Waals surface area contributed by atoms with Gasteiger partial charge in [-0.3, -0.25) is 4.79 Å². The van der Waals surface area contributed by atoms with Crippen LogP contribution in [0, 0.1) is 23.0 Å². The lowest BCUT2D eigenvalue weighted by Gasteiger charge is -2.04. The quantitative estimate of drug-likeness (QED) is 0.738. The normalized spacial score (nSPS) is 9.62. The number of benzene rings is 1. The molecule has 3 nitrogen and oxygen atoms in total. The van der Waals surface area contributed by atoms with Crippen LogP contribution < -0.4 is 0 Å². The maximum atomic E-state index is 12.9. The monoisotopic (exact) mass is 225 g/mol. The van der Waals surface area contributed by atoms with Gasteiger partial charge in [-0.1, -0.05) is 0 Å². The van der Waals surface area contributed by atoms with E-state index in [1.54, 1.807) is 13.0 Å². The molecule has 0 bridgehead atoms. The number of nitrogens with zero attached hydrogens (tertiary/aromatic N) is 1. The number of hydrogen-bond acceptors (Lipinski definition) is 3. The van der Waals surface area contributed by atoms with Gasteiger partial charge in [-0.15, -0.1) is 0 Å². The molecule has 5 heteroatoms. The van der Waals surface area contributed by atoms with Gasteiger partial charge < -0.3 is 4.74 Å². The highest BCUT2D eigenvalue weighted by molar-refractivity contribution is 5.73. The van der Waals surface area contributed by atoms with Crippen molar-refractivity contribution in [2.75, 3.05) is 6.61 Å². The molecule has 0 aromatic heterocycles. The highest BCUT2D eigenvalue weighted by Crippen LogP contribution is 2.15. The van der Waals surface area contributed by atoms with Crippen molar-refractivity contribution in [1.82, 2.24) is 0 Å². The first-order valence-corrected chi connectivity index (χ1v) is 4.62. The number of carbonyl (C=O) groups is 1. The van der Waals surface area contributed by atoms with E-state index in [2.05, 4.69) is 4.74 Å². The van der Waals surface area contributed by atoms with Crippen LogP contribution in [0.15, 0.2) is 12.1 Å². The Morgan fingerprint density at radius 3 is 2.62 bits per heavy atom. The minimum Gasteiger partial charge on any atom is -0.466 e. The van der Waals surface area contributed by atoms with Crippen molar-refractivity contribution in [2.24, 2.45) is 0 Å². The van der Waals surface area contributed by atoms with Crippen LogP contribution >= 0.6 is 0 Å². The maximum absolute atomic E-state index is 12.9. The minimum atomic E-state index is -1.11. The third-order valence-corrected chi connectivity index (χ3v) is 1.91. The Hall–Kier alpha value is -1.96. The van der Waals surface area contributed by atoms with Gasteiger partial charge in [0.1, 0.15) is 0 Å². The van der Waals surface area contributed by atoms with E-state index >= 15 is 0 Å². The van der Waals surface area contributed by atoms with E-state index < -0.39 is 17.6 Å². The molecule has 16 heavy (non-hydrogen) atoms. The highest BCUT2D eigenvalue weighted by Gasteiger charge is 2.13. The summed E-state index contributed by atoms with van der Waals surface area (Å²) in [6, 6.07) is 3.30. The lowest BCUT2D eigenvalue weighted by molar-refractivity contribution is -0.142. The van der Waals surface area contributed by atoms with Crippen LogP contribution in [0.25, 0.3) is 0 Å². The van der Waals surface area contributed by atoms with Crippen molar-refractivity contribution in [2.45, 2.75) is 13.3 Å². The summed E-state index contributed by atoms with van der Waals surface area (Å²) in [7, 11) is 0. The Kier molecular flexibility index (Phi) is 3.95. The fourth-order valence-electron chi connectivity index (χ4n) is 1.21. The van der Waals surface area contributed by atoms with Gasteiger partial charge in [-0.05, 0) is 24.6 Å². The summed E-state index contributed by atoms with van der Waals surface area (Å²) in [4.78, 5) is 11.1. The topological polar surface area (TPSA) is 50.1 Å². The molecular weight excluding hydrogens is 216 g/mol. The van der Waals surface area contributed by atoms with Gasteiger partial charge in [0.25, 0.3) is 0 Å². The zero-order valence-corrected chi connectivity index (χ0v) is 8.59. The first-order chi connectivity index (χ1) is 7.58. The molecule has 0 saturated carbocycles. The fourth-order valence-corrected chi connectivity index (χ4v) is 1.21. The largest absolute Gasteiger partial charge is 0.466 e. The highest BCUT2D eigenvalue weighted by atomic mass is 19.2. The first kappa shape index (κ1) is 12.1. The number of ether oxygens (including phenoxy) is 1. The SMILES string of the molecule is CCOC(=O)Cc1cc(F)c(F)cc1C#N. The number of nitriles is 1. The molecule has 0 aliphatic heterocycles. The second kappa shape index (κ2) is 5.21. The van der Waals surface area contributed by atoms with Crippen molar-refractivity contribution in [3.05, 3.63) is 34.9 Å². The summed E-state index contributed by atoms with van der Waals surface area (Å²) < 4.78 is 30.3. The number of hydrogen-bond donors (Lipinski definition) is 0. The Balaban J connectivity index is 3.00. The second-order valence-corrected chi connectivity index (χ2v) is 3.02.